The summed E-state index contributed by atoms with van der Waals surface area (Å²) in [6, 6.07) is 10.9. The van der Waals surface area contributed by atoms with Crippen molar-refractivity contribution in [2.24, 2.45) is 23.7 Å². The van der Waals surface area contributed by atoms with Gasteiger partial charge in [-0.2, -0.15) is 5.01 Å². The minimum absolute atomic E-state index is 0.0101. The number of rotatable bonds is 6. The predicted octanol–water partition coefficient (Wildman–Crippen LogP) is 3.30. The number of carbonyl (C=O) groups is 4. The standard InChI is InChI=1S/C24H18ClN3O6/c25-17-8-6-13(7-9-17)22(30)26(12-19(29)14-2-1-3-18(11-14)28(33)34)27-23(31)20-15-4-5-16(10-15)21(20)24(27)32/h1-9,11,15-16,20-21H,10,12H2/t15-,16-,20+,21+/m0/s1. The number of ketones is 1. The maximum absolute atomic E-state index is 13.4. The van der Waals surface area contributed by atoms with Crippen LogP contribution in [0.4, 0.5) is 5.69 Å². The van der Waals surface area contributed by atoms with Crippen molar-refractivity contribution in [3.63, 3.8) is 0 Å². The van der Waals surface area contributed by atoms with Crippen molar-refractivity contribution >= 4 is 40.8 Å². The van der Waals surface area contributed by atoms with E-state index in [0.717, 1.165) is 22.5 Å². The molecule has 34 heavy (non-hydrogen) atoms. The average molecular weight is 480 g/mol. The molecule has 2 aromatic carbocycles. The fraction of sp³-hybridized carbons (Fsp3) is 0.250. The van der Waals surface area contributed by atoms with Crippen LogP contribution >= 0.6 is 11.6 Å². The molecule has 2 aliphatic carbocycles. The minimum atomic E-state index is -0.725. The van der Waals surface area contributed by atoms with Gasteiger partial charge in [0.2, 0.25) is 0 Å². The summed E-state index contributed by atoms with van der Waals surface area (Å²) in [4.78, 5) is 63.7. The molecule has 0 N–H and O–H groups in total. The van der Waals surface area contributed by atoms with Crippen LogP contribution in [-0.4, -0.2) is 45.0 Å². The van der Waals surface area contributed by atoms with Gasteiger partial charge in [-0.1, -0.05) is 35.9 Å². The number of hydrogen-bond donors (Lipinski definition) is 0. The summed E-state index contributed by atoms with van der Waals surface area (Å²) < 4.78 is 0. The van der Waals surface area contributed by atoms with Crippen molar-refractivity contribution in [2.45, 2.75) is 6.42 Å². The molecule has 1 saturated carbocycles. The summed E-state index contributed by atoms with van der Waals surface area (Å²) in [5, 5.41) is 13.2. The monoisotopic (exact) mass is 479 g/mol. The maximum Gasteiger partial charge on any atom is 0.273 e. The Hall–Kier alpha value is -3.85. The number of nitrogens with zero attached hydrogens (tertiary/aromatic N) is 3. The number of fused-ring (bicyclic) bond motifs is 5. The number of allylic oxidation sites excluding steroid dienone is 2. The second-order valence-electron chi connectivity index (χ2n) is 8.59. The van der Waals surface area contributed by atoms with Gasteiger partial charge >= 0.3 is 0 Å². The van der Waals surface area contributed by atoms with E-state index in [2.05, 4.69) is 0 Å². The molecule has 1 heterocycles. The molecule has 3 aliphatic rings. The van der Waals surface area contributed by atoms with Crippen LogP contribution in [0, 0.1) is 33.8 Å². The highest BCUT2D eigenvalue weighted by Crippen LogP contribution is 2.52. The number of nitro groups is 1. The molecule has 0 radical (unpaired) electrons. The zero-order valence-corrected chi connectivity index (χ0v) is 18.4. The van der Waals surface area contributed by atoms with Gasteiger partial charge in [-0.05, 0) is 42.5 Å². The third-order valence-electron chi connectivity index (χ3n) is 6.69. The van der Waals surface area contributed by atoms with Gasteiger partial charge in [0.05, 0.1) is 16.8 Å². The Labute approximate surface area is 198 Å². The summed E-state index contributed by atoms with van der Waals surface area (Å²) >= 11 is 5.92. The lowest BCUT2D eigenvalue weighted by Gasteiger charge is -2.30. The largest absolute Gasteiger partial charge is 0.292 e. The number of halogens is 1. The van der Waals surface area contributed by atoms with Crippen LogP contribution in [0.3, 0.4) is 0 Å². The van der Waals surface area contributed by atoms with Crippen molar-refractivity contribution in [1.82, 2.24) is 10.0 Å². The van der Waals surface area contributed by atoms with Crippen molar-refractivity contribution < 1.29 is 24.1 Å². The van der Waals surface area contributed by atoms with E-state index in [1.165, 1.54) is 42.5 Å². The lowest BCUT2D eigenvalue weighted by Crippen LogP contribution is -2.52. The quantitative estimate of drug-likeness (QED) is 0.206. The van der Waals surface area contributed by atoms with E-state index in [1.807, 2.05) is 12.2 Å². The molecule has 0 unspecified atom stereocenters. The van der Waals surface area contributed by atoms with E-state index in [4.69, 9.17) is 11.6 Å². The number of benzene rings is 2. The molecule has 0 aromatic heterocycles. The van der Waals surface area contributed by atoms with E-state index in [1.54, 1.807) is 0 Å². The van der Waals surface area contributed by atoms with Crippen molar-refractivity contribution in [1.29, 1.82) is 0 Å². The van der Waals surface area contributed by atoms with Crippen molar-refractivity contribution in [2.75, 3.05) is 6.54 Å². The molecule has 1 saturated heterocycles. The molecule has 2 fully saturated rings. The van der Waals surface area contributed by atoms with E-state index in [-0.39, 0.29) is 28.7 Å². The minimum Gasteiger partial charge on any atom is -0.292 e. The molecule has 9 nitrogen and oxygen atoms in total. The maximum atomic E-state index is 13.4. The molecule has 4 atom stereocenters. The summed E-state index contributed by atoms with van der Waals surface area (Å²) in [6.45, 7) is -0.637. The fourth-order valence-electron chi connectivity index (χ4n) is 5.12. The third-order valence-corrected chi connectivity index (χ3v) is 6.94. The smallest absolute Gasteiger partial charge is 0.273 e. The summed E-state index contributed by atoms with van der Waals surface area (Å²) in [5.74, 6) is -3.66. The van der Waals surface area contributed by atoms with Crippen LogP contribution in [0.1, 0.15) is 27.1 Å². The number of hydrazine groups is 1. The van der Waals surface area contributed by atoms with Gasteiger partial charge in [-0.25, -0.2) is 5.01 Å². The Bertz CT molecular complexity index is 1240. The second kappa shape index (κ2) is 8.18. The van der Waals surface area contributed by atoms with Gasteiger partial charge in [0, 0.05) is 28.3 Å². The first-order valence-corrected chi connectivity index (χ1v) is 11.0. The number of Topliss-reactive ketones (excluding diaryl/α,β-unsaturated/α-hetero) is 1. The lowest BCUT2D eigenvalue weighted by atomic mass is 9.85. The highest BCUT2D eigenvalue weighted by Gasteiger charge is 2.61. The number of amides is 3. The fourth-order valence-corrected chi connectivity index (χ4v) is 5.25. The van der Waals surface area contributed by atoms with E-state index in [9.17, 15) is 29.3 Å². The molecule has 172 valence electrons. The zero-order valence-electron chi connectivity index (χ0n) is 17.7. The lowest BCUT2D eigenvalue weighted by molar-refractivity contribution is -0.384. The predicted molar refractivity (Wildman–Crippen MR) is 119 cm³/mol. The number of carbonyl (C=O) groups excluding carboxylic acids is 4. The van der Waals surface area contributed by atoms with Crippen LogP contribution in [-0.2, 0) is 9.59 Å². The second-order valence-corrected chi connectivity index (χ2v) is 9.02. The van der Waals surface area contributed by atoms with Crippen LogP contribution in [0.15, 0.2) is 60.7 Å². The Morgan fingerprint density at radius 2 is 1.62 bits per heavy atom. The van der Waals surface area contributed by atoms with Gasteiger partial charge in [-0.15, -0.1) is 0 Å². The van der Waals surface area contributed by atoms with E-state index < -0.39 is 46.8 Å². The Balaban J connectivity index is 1.50. The van der Waals surface area contributed by atoms with Crippen LogP contribution in [0.5, 0.6) is 0 Å². The van der Waals surface area contributed by atoms with Crippen molar-refractivity contribution in [3.05, 3.63) is 86.9 Å². The molecule has 0 spiro atoms. The van der Waals surface area contributed by atoms with Gasteiger partial charge in [0.15, 0.2) is 5.78 Å². The van der Waals surface area contributed by atoms with Gasteiger partial charge < -0.3 is 0 Å². The van der Waals surface area contributed by atoms with Crippen LogP contribution in [0.25, 0.3) is 0 Å². The first-order chi connectivity index (χ1) is 16.3. The van der Waals surface area contributed by atoms with Crippen LogP contribution < -0.4 is 0 Å². The van der Waals surface area contributed by atoms with Crippen molar-refractivity contribution in [3.8, 4) is 0 Å². The van der Waals surface area contributed by atoms with E-state index >= 15 is 0 Å². The summed E-state index contributed by atoms with van der Waals surface area (Å²) in [7, 11) is 0. The van der Waals surface area contributed by atoms with Gasteiger partial charge in [0.1, 0.15) is 6.54 Å². The normalized spacial score (nSPS) is 24.4. The molecule has 1 aliphatic heterocycles. The molecule has 3 amide bonds. The highest BCUT2D eigenvalue weighted by molar-refractivity contribution is 6.30. The first kappa shape index (κ1) is 22.0. The molecular formula is C24H18ClN3O6. The van der Waals surface area contributed by atoms with Gasteiger partial charge in [0.25, 0.3) is 23.4 Å². The van der Waals surface area contributed by atoms with Crippen LogP contribution in [0.2, 0.25) is 5.02 Å². The Morgan fingerprint density at radius 3 is 2.21 bits per heavy atom. The Morgan fingerprint density at radius 1 is 1.00 bits per heavy atom. The molecule has 2 aromatic rings. The van der Waals surface area contributed by atoms with Gasteiger partial charge in [-0.3, -0.25) is 29.3 Å². The first-order valence-electron chi connectivity index (χ1n) is 10.7. The average Bonchev–Trinajstić information content (AvgIpc) is 3.51. The number of nitro benzene ring substituents is 1. The molecule has 5 rings (SSSR count). The topological polar surface area (TPSA) is 118 Å². The molecule has 10 heteroatoms. The summed E-state index contributed by atoms with van der Waals surface area (Å²) in [5.41, 5.74) is -0.161. The Kier molecular flexibility index (Phi) is 5.28. The molecular weight excluding hydrogens is 462 g/mol. The number of non-ortho nitro benzene ring substituents is 1. The SMILES string of the molecule is O=C(CN(C(=O)c1ccc(Cl)cc1)N1C(=O)[C@H]2[C@H](C1=O)[C@H]1C=C[C@H]2C1)c1cccc([N+](=O)[O-])c1. The number of hydrogen-bond acceptors (Lipinski definition) is 6. The van der Waals surface area contributed by atoms with E-state index in [0.29, 0.717) is 5.02 Å². The highest BCUT2D eigenvalue weighted by atomic mass is 35.5. The zero-order chi connectivity index (χ0) is 24.1. The number of imide groups is 1. The molecule has 2 bridgehead atoms. The third kappa shape index (κ3) is 3.49. The summed E-state index contributed by atoms with van der Waals surface area (Å²) in [6.07, 6.45) is 4.58.